The molecule has 3 heteroatoms. The molecule has 0 aromatic heterocycles. The molecule has 0 aromatic carbocycles. The smallest absolute Gasteiger partial charge is 0.164 e. The van der Waals surface area contributed by atoms with Crippen molar-refractivity contribution >= 4 is 0 Å². The van der Waals surface area contributed by atoms with Crippen molar-refractivity contribution in [3.05, 3.63) is 0 Å². The molecule has 0 bridgehead atoms. The zero-order chi connectivity index (χ0) is 7.61. The van der Waals surface area contributed by atoms with E-state index in [0.29, 0.717) is 6.61 Å². The maximum absolute atomic E-state index is 8.67. The quantitative estimate of drug-likeness (QED) is 0.625. The highest BCUT2D eigenvalue weighted by Gasteiger charge is 2.44. The molecule has 1 rings (SSSR count). The Morgan fingerprint density at radius 2 is 2.50 bits per heavy atom. The Bertz CT molecular complexity index is 113. The summed E-state index contributed by atoms with van der Waals surface area (Å²) in [6.07, 6.45) is 0.644. The van der Waals surface area contributed by atoms with Gasteiger partial charge in [-0.3, -0.25) is 0 Å². The standard InChI is InChI=1S/C7H14O3/c1-7(3-4-8)5-10-6(7)9-2/h6,8H,3-5H2,1-2H3. The predicted molar refractivity (Wildman–Crippen MR) is 36.6 cm³/mol. The third-order valence-corrected chi connectivity index (χ3v) is 2.03. The summed E-state index contributed by atoms with van der Waals surface area (Å²) >= 11 is 0. The first-order valence-corrected chi connectivity index (χ1v) is 3.48. The summed E-state index contributed by atoms with van der Waals surface area (Å²) in [5.41, 5.74) is 0.0451. The monoisotopic (exact) mass is 146 g/mol. The fourth-order valence-electron chi connectivity index (χ4n) is 1.23. The van der Waals surface area contributed by atoms with Crippen LogP contribution in [0.15, 0.2) is 0 Å². The average molecular weight is 146 g/mol. The molecular weight excluding hydrogens is 132 g/mol. The summed E-state index contributed by atoms with van der Waals surface area (Å²) < 4.78 is 10.1. The van der Waals surface area contributed by atoms with Gasteiger partial charge >= 0.3 is 0 Å². The van der Waals surface area contributed by atoms with Crippen molar-refractivity contribution in [1.29, 1.82) is 0 Å². The number of aliphatic hydroxyl groups excluding tert-OH is 1. The molecule has 1 aliphatic rings. The molecule has 10 heavy (non-hydrogen) atoms. The summed E-state index contributed by atoms with van der Waals surface area (Å²) in [5.74, 6) is 0. The summed E-state index contributed by atoms with van der Waals surface area (Å²) in [6.45, 7) is 2.96. The molecular formula is C7H14O3. The third kappa shape index (κ3) is 1.17. The summed E-state index contributed by atoms with van der Waals surface area (Å²) in [7, 11) is 1.62. The van der Waals surface area contributed by atoms with Gasteiger partial charge in [0.2, 0.25) is 0 Å². The van der Waals surface area contributed by atoms with Gasteiger partial charge in [0.15, 0.2) is 6.29 Å². The van der Waals surface area contributed by atoms with Crippen LogP contribution in [0.5, 0.6) is 0 Å². The van der Waals surface area contributed by atoms with Crippen LogP contribution < -0.4 is 0 Å². The van der Waals surface area contributed by atoms with Crippen LogP contribution in [0.1, 0.15) is 13.3 Å². The van der Waals surface area contributed by atoms with Gasteiger partial charge in [0, 0.05) is 19.1 Å². The van der Waals surface area contributed by atoms with Crippen molar-refractivity contribution in [2.75, 3.05) is 20.3 Å². The lowest BCUT2D eigenvalue weighted by atomic mass is 9.83. The number of hydrogen-bond donors (Lipinski definition) is 1. The van der Waals surface area contributed by atoms with E-state index in [1.54, 1.807) is 7.11 Å². The molecule has 1 N–H and O–H groups in total. The lowest BCUT2D eigenvalue weighted by molar-refractivity contribution is -0.297. The van der Waals surface area contributed by atoms with E-state index in [0.717, 1.165) is 6.42 Å². The van der Waals surface area contributed by atoms with E-state index in [-0.39, 0.29) is 18.3 Å². The van der Waals surface area contributed by atoms with Crippen LogP contribution in [0.3, 0.4) is 0 Å². The van der Waals surface area contributed by atoms with Crippen molar-refractivity contribution in [3.8, 4) is 0 Å². The average Bonchev–Trinajstić information content (AvgIpc) is 1.88. The number of methoxy groups -OCH3 is 1. The van der Waals surface area contributed by atoms with Crippen molar-refractivity contribution in [3.63, 3.8) is 0 Å². The van der Waals surface area contributed by atoms with Gasteiger partial charge in [-0.25, -0.2) is 0 Å². The SMILES string of the molecule is COC1OCC1(C)CCO. The van der Waals surface area contributed by atoms with Gasteiger partial charge in [-0.05, 0) is 6.42 Å². The van der Waals surface area contributed by atoms with Crippen LogP contribution in [0.2, 0.25) is 0 Å². The number of rotatable bonds is 3. The Labute approximate surface area is 60.9 Å². The molecule has 2 atom stereocenters. The largest absolute Gasteiger partial charge is 0.396 e. The highest BCUT2D eigenvalue weighted by atomic mass is 16.7. The fraction of sp³-hybridized carbons (Fsp3) is 1.00. The second-order valence-corrected chi connectivity index (χ2v) is 3.01. The molecule has 60 valence electrons. The van der Waals surface area contributed by atoms with E-state index in [2.05, 4.69) is 6.92 Å². The minimum Gasteiger partial charge on any atom is -0.396 e. The highest BCUT2D eigenvalue weighted by Crippen LogP contribution is 2.37. The van der Waals surface area contributed by atoms with E-state index in [9.17, 15) is 0 Å². The summed E-state index contributed by atoms with van der Waals surface area (Å²) in [5, 5.41) is 8.67. The molecule has 1 fully saturated rings. The van der Waals surface area contributed by atoms with Crippen molar-refractivity contribution in [2.45, 2.75) is 19.6 Å². The van der Waals surface area contributed by atoms with E-state index >= 15 is 0 Å². The molecule has 0 spiro atoms. The highest BCUT2D eigenvalue weighted by molar-refractivity contribution is 4.85. The van der Waals surface area contributed by atoms with Crippen molar-refractivity contribution < 1.29 is 14.6 Å². The van der Waals surface area contributed by atoms with Crippen LogP contribution in [-0.4, -0.2) is 31.7 Å². The van der Waals surface area contributed by atoms with Gasteiger partial charge in [-0.15, -0.1) is 0 Å². The summed E-state index contributed by atoms with van der Waals surface area (Å²) in [4.78, 5) is 0. The molecule has 1 saturated heterocycles. The van der Waals surface area contributed by atoms with Crippen molar-refractivity contribution in [2.24, 2.45) is 5.41 Å². The first-order valence-electron chi connectivity index (χ1n) is 3.48. The van der Waals surface area contributed by atoms with Gasteiger partial charge in [0.25, 0.3) is 0 Å². The molecule has 0 aliphatic carbocycles. The van der Waals surface area contributed by atoms with Crippen LogP contribution in [0, 0.1) is 5.41 Å². The Morgan fingerprint density at radius 1 is 1.80 bits per heavy atom. The second-order valence-electron chi connectivity index (χ2n) is 3.01. The zero-order valence-electron chi connectivity index (χ0n) is 6.46. The topological polar surface area (TPSA) is 38.7 Å². The number of ether oxygens (including phenoxy) is 2. The van der Waals surface area contributed by atoms with E-state index in [1.165, 1.54) is 0 Å². The van der Waals surface area contributed by atoms with Gasteiger partial charge in [-0.2, -0.15) is 0 Å². The first kappa shape index (κ1) is 7.98. The Hall–Kier alpha value is -0.120. The maximum Gasteiger partial charge on any atom is 0.164 e. The van der Waals surface area contributed by atoms with Crippen LogP contribution in [-0.2, 0) is 9.47 Å². The minimum absolute atomic E-state index is 0.0451. The van der Waals surface area contributed by atoms with Crippen LogP contribution >= 0.6 is 0 Å². The minimum atomic E-state index is -0.111. The molecule has 3 nitrogen and oxygen atoms in total. The van der Waals surface area contributed by atoms with Gasteiger partial charge in [-0.1, -0.05) is 6.92 Å². The van der Waals surface area contributed by atoms with Gasteiger partial charge < -0.3 is 14.6 Å². The molecule has 1 aliphatic heterocycles. The molecule has 0 saturated carbocycles. The van der Waals surface area contributed by atoms with Gasteiger partial charge in [0.05, 0.1) is 6.61 Å². The van der Waals surface area contributed by atoms with E-state index < -0.39 is 0 Å². The second kappa shape index (κ2) is 2.86. The van der Waals surface area contributed by atoms with E-state index in [1.807, 2.05) is 0 Å². The number of aliphatic hydroxyl groups is 1. The van der Waals surface area contributed by atoms with Crippen LogP contribution in [0.25, 0.3) is 0 Å². The summed E-state index contributed by atoms with van der Waals surface area (Å²) in [6, 6.07) is 0. The Kier molecular flexibility index (Phi) is 2.28. The maximum atomic E-state index is 8.67. The van der Waals surface area contributed by atoms with Gasteiger partial charge in [0.1, 0.15) is 0 Å². The molecule has 1 heterocycles. The van der Waals surface area contributed by atoms with E-state index in [4.69, 9.17) is 14.6 Å². The first-order chi connectivity index (χ1) is 4.73. The molecule has 0 aromatic rings. The molecule has 0 amide bonds. The zero-order valence-corrected chi connectivity index (χ0v) is 6.46. The molecule has 2 unspecified atom stereocenters. The Balaban J connectivity index is 2.36. The third-order valence-electron chi connectivity index (χ3n) is 2.03. The fourth-order valence-corrected chi connectivity index (χ4v) is 1.23. The lowest BCUT2D eigenvalue weighted by Crippen LogP contribution is -2.51. The Morgan fingerprint density at radius 3 is 2.80 bits per heavy atom. The van der Waals surface area contributed by atoms with Crippen LogP contribution in [0.4, 0.5) is 0 Å². The number of hydrogen-bond acceptors (Lipinski definition) is 3. The normalized spacial score (nSPS) is 39.3. The molecule has 0 radical (unpaired) electrons. The lowest BCUT2D eigenvalue weighted by Gasteiger charge is -2.45. The van der Waals surface area contributed by atoms with Crippen molar-refractivity contribution in [1.82, 2.24) is 0 Å². The predicted octanol–water partition coefficient (Wildman–Crippen LogP) is 0.378.